The molecule has 2 fully saturated rings. The highest BCUT2D eigenvalue weighted by Gasteiger charge is 2.49. The molecule has 4 amide bonds. The summed E-state index contributed by atoms with van der Waals surface area (Å²) in [5.41, 5.74) is 0.335. The molecule has 1 aliphatic carbocycles. The van der Waals surface area contributed by atoms with Gasteiger partial charge in [-0.15, -0.1) is 0 Å². The van der Waals surface area contributed by atoms with Crippen LogP contribution in [0.25, 0.3) is 0 Å². The first-order valence-corrected chi connectivity index (χ1v) is 8.75. The first-order valence-electron chi connectivity index (χ1n) is 8.38. The van der Waals surface area contributed by atoms with Crippen LogP contribution in [-0.2, 0) is 9.59 Å². The number of ketones is 1. The Bertz CT molecular complexity index is 731. The van der Waals surface area contributed by atoms with E-state index in [-0.39, 0.29) is 12.0 Å². The van der Waals surface area contributed by atoms with Crippen molar-refractivity contribution in [3.8, 4) is 0 Å². The first-order chi connectivity index (χ1) is 11.9. The Morgan fingerprint density at radius 2 is 1.72 bits per heavy atom. The smallest absolute Gasteiger partial charge is 0.292 e. The molecule has 1 aromatic carbocycles. The Morgan fingerprint density at radius 3 is 2.36 bits per heavy atom. The molecule has 7 heteroatoms. The molecule has 0 unspecified atom stereocenters. The summed E-state index contributed by atoms with van der Waals surface area (Å²) < 4.78 is 0. The Labute approximate surface area is 150 Å². The van der Waals surface area contributed by atoms with Gasteiger partial charge in [0.1, 0.15) is 0 Å². The average molecular weight is 363 g/mol. The zero-order valence-electron chi connectivity index (χ0n) is 13.9. The fraction of sp³-hybridized carbons (Fsp3) is 0.444. The van der Waals surface area contributed by atoms with Gasteiger partial charge in [-0.3, -0.25) is 19.3 Å². The fourth-order valence-electron chi connectivity index (χ4n) is 3.51. The molecule has 1 aliphatic heterocycles. The van der Waals surface area contributed by atoms with Crippen molar-refractivity contribution < 1.29 is 19.2 Å². The molecule has 6 nitrogen and oxygen atoms in total. The lowest BCUT2D eigenvalue weighted by Crippen LogP contribution is -2.46. The van der Waals surface area contributed by atoms with Crippen molar-refractivity contribution in [2.75, 3.05) is 6.54 Å². The van der Waals surface area contributed by atoms with Gasteiger partial charge in [-0.25, -0.2) is 9.69 Å². The average Bonchev–Trinajstić information content (AvgIpc) is 2.80. The van der Waals surface area contributed by atoms with Crippen molar-refractivity contribution in [1.29, 1.82) is 0 Å². The molecule has 0 bridgehead atoms. The van der Waals surface area contributed by atoms with Gasteiger partial charge in [0, 0.05) is 16.6 Å². The highest BCUT2D eigenvalue weighted by molar-refractivity contribution is 6.45. The monoisotopic (exact) mass is 362 g/mol. The number of halogens is 1. The maximum absolute atomic E-state index is 12.6. The number of rotatable bonds is 4. The van der Waals surface area contributed by atoms with E-state index in [4.69, 9.17) is 11.6 Å². The summed E-state index contributed by atoms with van der Waals surface area (Å²) >= 11 is 5.79. The van der Waals surface area contributed by atoms with Crippen LogP contribution >= 0.6 is 11.6 Å². The number of benzene rings is 1. The Kier molecular flexibility index (Phi) is 4.90. The third-order valence-electron chi connectivity index (χ3n) is 4.95. The number of imide groups is 2. The summed E-state index contributed by atoms with van der Waals surface area (Å²) in [7, 11) is 0. The highest BCUT2D eigenvalue weighted by atomic mass is 35.5. The molecule has 0 radical (unpaired) electrons. The Morgan fingerprint density at radius 1 is 1.08 bits per heavy atom. The van der Waals surface area contributed by atoms with Gasteiger partial charge in [0.2, 0.25) is 0 Å². The second-order valence-electron chi connectivity index (χ2n) is 6.61. The first kappa shape index (κ1) is 17.6. The van der Waals surface area contributed by atoms with Crippen LogP contribution in [0, 0.1) is 5.92 Å². The summed E-state index contributed by atoms with van der Waals surface area (Å²) in [4.78, 5) is 51.3. The SMILES string of the molecule is C[C@H]1CCCC[C@@H]1N1C(=O)C(=O)N(CC(=O)c2ccc(Cl)cc2)C1=O. The molecule has 2 aliphatic rings. The summed E-state index contributed by atoms with van der Waals surface area (Å²) in [6.45, 7) is 1.54. The molecule has 0 N–H and O–H groups in total. The van der Waals surface area contributed by atoms with Crippen LogP contribution in [0.3, 0.4) is 0 Å². The van der Waals surface area contributed by atoms with Gasteiger partial charge in [-0.05, 0) is 43.0 Å². The number of urea groups is 1. The van der Waals surface area contributed by atoms with Crippen LogP contribution in [0.15, 0.2) is 24.3 Å². The van der Waals surface area contributed by atoms with Crippen LogP contribution in [0.1, 0.15) is 43.0 Å². The standard InChI is InChI=1S/C18H19ClN2O4/c1-11-4-2-3-5-14(11)21-17(24)16(23)20(18(21)25)10-15(22)12-6-8-13(19)9-7-12/h6-9,11,14H,2-5,10H2,1H3/t11-,14-/m0/s1. The van der Waals surface area contributed by atoms with Crippen molar-refractivity contribution in [2.45, 2.75) is 38.6 Å². The molecule has 2 atom stereocenters. The minimum absolute atomic E-state index is 0.154. The zero-order valence-corrected chi connectivity index (χ0v) is 14.7. The predicted octanol–water partition coefficient (Wildman–Crippen LogP) is 2.89. The summed E-state index contributed by atoms with van der Waals surface area (Å²) in [6.07, 6.45) is 3.59. The molecular formula is C18H19ClN2O4. The molecule has 132 valence electrons. The van der Waals surface area contributed by atoms with Gasteiger partial charge in [-0.1, -0.05) is 31.4 Å². The predicted molar refractivity (Wildman–Crippen MR) is 91.2 cm³/mol. The lowest BCUT2D eigenvalue weighted by atomic mass is 9.85. The van der Waals surface area contributed by atoms with Gasteiger partial charge in [0.05, 0.1) is 6.54 Å². The molecule has 1 aromatic rings. The van der Waals surface area contributed by atoms with Crippen LogP contribution in [0.4, 0.5) is 4.79 Å². The Balaban J connectivity index is 1.77. The number of carbonyl (C=O) groups excluding carboxylic acids is 4. The van der Waals surface area contributed by atoms with Crippen molar-refractivity contribution in [3.63, 3.8) is 0 Å². The minimum Gasteiger partial charge on any atom is -0.292 e. The van der Waals surface area contributed by atoms with E-state index in [9.17, 15) is 19.2 Å². The Hall–Kier alpha value is -2.21. The molecular weight excluding hydrogens is 344 g/mol. The number of Topliss-reactive ketones (excluding diaryl/α,β-unsaturated/α-hetero) is 1. The van der Waals surface area contributed by atoms with Crippen molar-refractivity contribution in [1.82, 2.24) is 9.80 Å². The third kappa shape index (κ3) is 3.31. The van der Waals surface area contributed by atoms with Gasteiger partial charge >= 0.3 is 17.8 Å². The van der Waals surface area contributed by atoms with Crippen LogP contribution in [0.5, 0.6) is 0 Å². The lowest BCUT2D eigenvalue weighted by Gasteiger charge is -2.34. The largest absolute Gasteiger partial charge is 0.334 e. The number of nitrogens with zero attached hydrogens (tertiary/aromatic N) is 2. The normalized spacial score (nSPS) is 24.2. The summed E-state index contributed by atoms with van der Waals surface area (Å²) in [6, 6.07) is 5.22. The van der Waals surface area contributed by atoms with Crippen molar-refractivity contribution in [3.05, 3.63) is 34.9 Å². The van der Waals surface area contributed by atoms with E-state index in [1.165, 1.54) is 12.1 Å². The minimum atomic E-state index is -0.926. The second kappa shape index (κ2) is 6.96. The summed E-state index contributed by atoms with van der Waals surface area (Å²) in [5.74, 6) is -2.01. The maximum atomic E-state index is 12.6. The fourth-order valence-corrected chi connectivity index (χ4v) is 3.63. The number of carbonyl (C=O) groups is 4. The molecule has 25 heavy (non-hydrogen) atoms. The molecule has 1 saturated heterocycles. The second-order valence-corrected chi connectivity index (χ2v) is 7.04. The van der Waals surface area contributed by atoms with Crippen molar-refractivity contribution >= 4 is 35.2 Å². The molecule has 0 aromatic heterocycles. The quantitative estimate of drug-likeness (QED) is 0.469. The van der Waals surface area contributed by atoms with E-state index >= 15 is 0 Å². The molecule has 0 spiro atoms. The van der Waals surface area contributed by atoms with Crippen LogP contribution < -0.4 is 0 Å². The van der Waals surface area contributed by atoms with Crippen LogP contribution in [0.2, 0.25) is 5.02 Å². The maximum Gasteiger partial charge on any atom is 0.334 e. The van der Waals surface area contributed by atoms with Gasteiger partial charge in [0.15, 0.2) is 5.78 Å². The third-order valence-corrected chi connectivity index (χ3v) is 5.20. The van der Waals surface area contributed by atoms with Gasteiger partial charge in [-0.2, -0.15) is 0 Å². The van der Waals surface area contributed by atoms with E-state index in [2.05, 4.69) is 0 Å². The van der Waals surface area contributed by atoms with E-state index in [0.717, 1.165) is 29.1 Å². The van der Waals surface area contributed by atoms with Crippen LogP contribution in [-0.4, -0.2) is 46.0 Å². The molecule has 1 heterocycles. The van der Waals surface area contributed by atoms with Crippen molar-refractivity contribution in [2.24, 2.45) is 5.92 Å². The topological polar surface area (TPSA) is 74.8 Å². The lowest BCUT2D eigenvalue weighted by molar-refractivity contribution is -0.144. The van der Waals surface area contributed by atoms with E-state index in [1.807, 2.05) is 6.92 Å². The van der Waals surface area contributed by atoms with E-state index in [0.29, 0.717) is 17.0 Å². The zero-order chi connectivity index (χ0) is 18.1. The van der Waals surface area contributed by atoms with Gasteiger partial charge in [0.25, 0.3) is 0 Å². The number of hydrogen-bond donors (Lipinski definition) is 0. The van der Waals surface area contributed by atoms with E-state index < -0.39 is 30.2 Å². The molecule has 1 saturated carbocycles. The van der Waals surface area contributed by atoms with E-state index in [1.54, 1.807) is 12.1 Å². The number of amides is 4. The molecule has 3 rings (SSSR count). The highest BCUT2D eigenvalue weighted by Crippen LogP contribution is 2.31. The van der Waals surface area contributed by atoms with Gasteiger partial charge < -0.3 is 0 Å². The number of hydrogen-bond acceptors (Lipinski definition) is 4. The summed E-state index contributed by atoms with van der Waals surface area (Å²) in [5, 5.41) is 0.484.